The van der Waals surface area contributed by atoms with E-state index in [2.05, 4.69) is 53.3 Å². The highest BCUT2D eigenvalue weighted by molar-refractivity contribution is 5.92. The number of fused-ring (bicyclic) bond motifs is 1. The second kappa shape index (κ2) is 7.82. The molecule has 0 bridgehead atoms. The number of ether oxygens (including phenoxy) is 1. The zero-order valence-corrected chi connectivity index (χ0v) is 15.8. The van der Waals surface area contributed by atoms with Crippen LogP contribution in [0.3, 0.4) is 0 Å². The largest absolute Gasteiger partial charge is 0.439 e. The Hall–Kier alpha value is -3.18. The minimum atomic E-state index is -0.498. The van der Waals surface area contributed by atoms with Gasteiger partial charge in [0.1, 0.15) is 5.75 Å². The van der Waals surface area contributed by atoms with E-state index in [0.717, 1.165) is 25.1 Å². The molecular weight excluding hydrogens is 350 g/mol. The van der Waals surface area contributed by atoms with E-state index < -0.39 is 5.91 Å². The lowest BCUT2D eigenvalue weighted by molar-refractivity contribution is 0.1000. The van der Waals surface area contributed by atoms with Crippen LogP contribution in [-0.2, 0) is 13.0 Å². The number of aryl methyl sites for hydroxylation is 1. The van der Waals surface area contributed by atoms with Crippen molar-refractivity contribution < 1.29 is 9.53 Å². The van der Waals surface area contributed by atoms with Gasteiger partial charge in [-0.15, -0.1) is 0 Å². The highest BCUT2D eigenvalue weighted by Crippen LogP contribution is 2.38. The third kappa shape index (κ3) is 3.89. The first-order chi connectivity index (χ1) is 13.6. The zero-order chi connectivity index (χ0) is 19.5. The number of hydrogen-bond donors (Lipinski definition) is 1. The first-order valence-corrected chi connectivity index (χ1v) is 9.41. The molecule has 1 aromatic heterocycles. The quantitative estimate of drug-likeness (QED) is 0.706. The summed E-state index contributed by atoms with van der Waals surface area (Å²) >= 11 is 0. The van der Waals surface area contributed by atoms with Gasteiger partial charge in [-0.3, -0.25) is 9.69 Å². The minimum Gasteiger partial charge on any atom is -0.439 e. The molecule has 4 rings (SSSR count). The van der Waals surface area contributed by atoms with Crippen molar-refractivity contribution in [2.24, 2.45) is 5.73 Å². The standard InChI is InChI=1S/C23H23N3O2/c1-26(15-16-5-3-2-4-6-16)21-11-7-17-13-19(9-10-20(17)21)28-22-12-8-18(14-25-22)23(24)27/h2-6,8-10,12-14,21H,7,11,15H2,1H3,(H2,24,27). The van der Waals surface area contributed by atoms with E-state index in [1.54, 1.807) is 12.1 Å². The van der Waals surface area contributed by atoms with E-state index in [1.807, 2.05) is 12.1 Å². The van der Waals surface area contributed by atoms with Gasteiger partial charge in [0.2, 0.25) is 11.8 Å². The van der Waals surface area contributed by atoms with Crippen LogP contribution in [0.2, 0.25) is 0 Å². The maximum atomic E-state index is 11.1. The maximum absolute atomic E-state index is 11.1. The average Bonchev–Trinajstić information content (AvgIpc) is 3.12. The molecule has 1 aliphatic carbocycles. The van der Waals surface area contributed by atoms with E-state index in [1.165, 1.54) is 22.9 Å². The molecule has 0 spiro atoms. The first kappa shape index (κ1) is 18.2. The van der Waals surface area contributed by atoms with Crippen molar-refractivity contribution >= 4 is 5.91 Å². The molecule has 5 heteroatoms. The summed E-state index contributed by atoms with van der Waals surface area (Å²) in [5.74, 6) is 0.701. The summed E-state index contributed by atoms with van der Waals surface area (Å²) in [4.78, 5) is 17.7. The number of carbonyl (C=O) groups is 1. The lowest BCUT2D eigenvalue weighted by atomic mass is 10.1. The van der Waals surface area contributed by atoms with E-state index in [4.69, 9.17) is 10.5 Å². The lowest BCUT2D eigenvalue weighted by Gasteiger charge is -2.25. The van der Waals surface area contributed by atoms with Crippen molar-refractivity contribution in [1.82, 2.24) is 9.88 Å². The molecule has 28 heavy (non-hydrogen) atoms. The maximum Gasteiger partial charge on any atom is 0.250 e. The lowest BCUT2D eigenvalue weighted by Crippen LogP contribution is -2.22. The van der Waals surface area contributed by atoms with E-state index in [9.17, 15) is 4.79 Å². The zero-order valence-electron chi connectivity index (χ0n) is 15.8. The number of nitrogens with zero attached hydrogens (tertiary/aromatic N) is 2. The van der Waals surface area contributed by atoms with Gasteiger partial charge in [-0.25, -0.2) is 4.98 Å². The molecule has 5 nitrogen and oxygen atoms in total. The molecule has 1 amide bonds. The monoisotopic (exact) mass is 373 g/mol. The van der Waals surface area contributed by atoms with Gasteiger partial charge in [-0.1, -0.05) is 36.4 Å². The molecular formula is C23H23N3O2. The van der Waals surface area contributed by atoms with E-state index >= 15 is 0 Å². The predicted molar refractivity (Wildman–Crippen MR) is 108 cm³/mol. The van der Waals surface area contributed by atoms with Crippen molar-refractivity contribution in [3.63, 3.8) is 0 Å². The highest BCUT2D eigenvalue weighted by Gasteiger charge is 2.26. The normalized spacial score (nSPS) is 15.4. The molecule has 0 saturated heterocycles. The van der Waals surface area contributed by atoms with Gasteiger partial charge in [0, 0.05) is 24.8 Å². The predicted octanol–water partition coefficient (Wildman–Crippen LogP) is 4.09. The van der Waals surface area contributed by atoms with Crippen molar-refractivity contribution in [2.75, 3.05) is 7.05 Å². The van der Waals surface area contributed by atoms with Crippen LogP contribution >= 0.6 is 0 Å². The molecule has 2 N–H and O–H groups in total. The van der Waals surface area contributed by atoms with Crippen LogP contribution in [0.15, 0.2) is 66.9 Å². The Morgan fingerprint density at radius 3 is 2.71 bits per heavy atom. The summed E-state index contributed by atoms with van der Waals surface area (Å²) in [5, 5.41) is 0. The number of pyridine rings is 1. The Morgan fingerprint density at radius 2 is 2.00 bits per heavy atom. The number of carbonyl (C=O) groups excluding carboxylic acids is 1. The second-order valence-corrected chi connectivity index (χ2v) is 7.17. The Balaban J connectivity index is 1.46. The van der Waals surface area contributed by atoms with Crippen molar-refractivity contribution in [1.29, 1.82) is 0 Å². The number of hydrogen-bond acceptors (Lipinski definition) is 4. The van der Waals surface area contributed by atoms with Gasteiger partial charge in [0.15, 0.2) is 0 Å². The van der Waals surface area contributed by atoms with E-state index in [-0.39, 0.29) is 0 Å². The molecule has 0 aliphatic heterocycles. The van der Waals surface area contributed by atoms with Crippen LogP contribution in [0.25, 0.3) is 0 Å². The smallest absolute Gasteiger partial charge is 0.250 e. The van der Waals surface area contributed by atoms with Gasteiger partial charge in [-0.05, 0) is 54.8 Å². The molecule has 0 radical (unpaired) electrons. The number of rotatable bonds is 6. The Bertz CT molecular complexity index is 971. The van der Waals surface area contributed by atoms with Crippen molar-refractivity contribution in [2.45, 2.75) is 25.4 Å². The fourth-order valence-electron chi connectivity index (χ4n) is 3.78. The minimum absolute atomic E-state index is 0.366. The number of aromatic nitrogens is 1. The third-order valence-corrected chi connectivity index (χ3v) is 5.21. The fraction of sp³-hybridized carbons (Fsp3) is 0.217. The second-order valence-electron chi connectivity index (χ2n) is 7.17. The average molecular weight is 373 g/mol. The molecule has 1 atom stereocenters. The SMILES string of the molecule is CN(Cc1ccccc1)C1CCc2cc(Oc3ccc(C(N)=O)cn3)ccc21. The molecule has 142 valence electrons. The van der Waals surface area contributed by atoms with Crippen molar-refractivity contribution in [3.05, 3.63) is 89.1 Å². The van der Waals surface area contributed by atoms with Gasteiger partial charge >= 0.3 is 0 Å². The van der Waals surface area contributed by atoms with Crippen LogP contribution in [0.4, 0.5) is 0 Å². The van der Waals surface area contributed by atoms with Gasteiger partial charge < -0.3 is 10.5 Å². The van der Waals surface area contributed by atoms with Crippen LogP contribution in [-0.4, -0.2) is 22.8 Å². The number of primary amides is 1. The van der Waals surface area contributed by atoms with E-state index in [0.29, 0.717) is 17.5 Å². The summed E-state index contributed by atoms with van der Waals surface area (Å²) < 4.78 is 5.85. The summed E-state index contributed by atoms with van der Waals surface area (Å²) in [7, 11) is 2.18. The van der Waals surface area contributed by atoms with Crippen molar-refractivity contribution in [3.8, 4) is 11.6 Å². The topological polar surface area (TPSA) is 68.5 Å². The van der Waals surface area contributed by atoms with Gasteiger partial charge in [0.05, 0.1) is 5.56 Å². The number of nitrogens with two attached hydrogens (primary N) is 1. The first-order valence-electron chi connectivity index (χ1n) is 9.41. The summed E-state index contributed by atoms with van der Waals surface area (Å²) in [6.45, 7) is 0.930. The fourth-order valence-corrected chi connectivity index (χ4v) is 3.78. The third-order valence-electron chi connectivity index (χ3n) is 5.21. The summed E-state index contributed by atoms with van der Waals surface area (Å²) in [6.07, 6.45) is 3.57. The number of amides is 1. The summed E-state index contributed by atoms with van der Waals surface area (Å²) in [6, 6.07) is 20.5. The molecule has 0 saturated carbocycles. The molecule has 1 unspecified atom stereocenters. The number of benzene rings is 2. The Kier molecular flexibility index (Phi) is 5.08. The summed E-state index contributed by atoms with van der Waals surface area (Å²) in [5.41, 5.74) is 9.61. The molecule has 2 aromatic carbocycles. The highest BCUT2D eigenvalue weighted by atomic mass is 16.5. The van der Waals surface area contributed by atoms with Crippen LogP contribution in [0.5, 0.6) is 11.6 Å². The van der Waals surface area contributed by atoms with Crippen LogP contribution in [0, 0.1) is 0 Å². The molecule has 1 aliphatic rings. The molecule has 0 fully saturated rings. The van der Waals surface area contributed by atoms with Gasteiger partial charge in [-0.2, -0.15) is 0 Å². The van der Waals surface area contributed by atoms with Crippen LogP contribution in [0.1, 0.15) is 39.5 Å². The van der Waals surface area contributed by atoms with Crippen LogP contribution < -0.4 is 10.5 Å². The van der Waals surface area contributed by atoms with Gasteiger partial charge in [0.25, 0.3) is 0 Å². The molecule has 3 aromatic rings. The Labute approximate surface area is 164 Å². The Morgan fingerprint density at radius 1 is 1.18 bits per heavy atom. The molecule has 1 heterocycles.